The van der Waals surface area contributed by atoms with Crippen LogP contribution in [0.25, 0.3) is 0 Å². The van der Waals surface area contributed by atoms with Gasteiger partial charge in [0, 0.05) is 13.1 Å². The van der Waals surface area contributed by atoms with E-state index >= 15 is 0 Å². The van der Waals surface area contributed by atoms with E-state index < -0.39 is 17.5 Å². The fourth-order valence-corrected chi connectivity index (χ4v) is 1.35. The van der Waals surface area contributed by atoms with Crippen LogP contribution in [0, 0.1) is 0 Å². The summed E-state index contributed by atoms with van der Waals surface area (Å²) in [7, 11) is 0. The first-order valence-corrected chi connectivity index (χ1v) is 6.32. The van der Waals surface area contributed by atoms with Crippen LogP contribution in [-0.2, 0) is 19.1 Å². The van der Waals surface area contributed by atoms with Gasteiger partial charge in [-0.05, 0) is 20.8 Å². The lowest BCUT2D eigenvalue weighted by molar-refractivity contribution is -0.159. The van der Waals surface area contributed by atoms with E-state index in [-0.39, 0.29) is 12.2 Å². The van der Waals surface area contributed by atoms with Crippen molar-refractivity contribution in [3.63, 3.8) is 0 Å². The summed E-state index contributed by atoms with van der Waals surface area (Å²) in [4.78, 5) is 31.5. The average Bonchev–Trinajstić information content (AvgIpc) is 2.37. The van der Waals surface area contributed by atoms with Crippen molar-refractivity contribution in [1.82, 2.24) is 4.90 Å². The van der Waals surface area contributed by atoms with E-state index in [1.807, 2.05) is 20.8 Å². The molecule has 1 amide bonds. The Morgan fingerprint density at radius 3 is 2.19 bits per heavy atom. The van der Waals surface area contributed by atoms with Gasteiger partial charge in [0.25, 0.3) is 0 Å². The predicted molar refractivity (Wildman–Crippen MR) is 71.9 cm³/mol. The Morgan fingerprint density at radius 1 is 1.29 bits per heavy atom. The number of nitrogens with two attached hydrogens (primary N) is 1. The molecule has 4 N–H and O–H groups in total. The molecule has 1 saturated heterocycles. The van der Waals surface area contributed by atoms with Crippen LogP contribution in [0.15, 0.2) is 0 Å². The largest absolute Gasteiger partial charge is 0.473 e. The highest BCUT2D eigenvalue weighted by Crippen LogP contribution is 2.12. The van der Waals surface area contributed by atoms with Gasteiger partial charge >= 0.3 is 18.0 Å². The van der Waals surface area contributed by atoms with Crippen molar-refractivity contribution in [1.29, 1.82) is 0 Å². The lowest BCUT2D eigenvalue weighted by Crippen LogP contribution is -2.49. The van der Waals surface area contributed by atoms with Gasteiger partial charge < -0.3 is 30.3 Å². The molecule has 9 nitrogen and oxygen atoms in total. The van der Waals surface area contributed by atoms with Crippen molar-refractivity contribution in [2.45, 2.75) is 32.5 Å². The van der Waals surface area contributed by atoms with Gasteiger partial charge in [0.05, 0.1) is 19.3 Å². The maximum Gasteiger partial charge on any atom is 0.414 e. The topological polar surface area (TPSA) is 139 Å². The Kier molecular flexibility index (Phi) is 7.67. The highest BCUT2D eigenvalue weighted by Gasteiger charge is 2.27. The number of carboxylic acid groups (broad SMARTS) is 2. The van der Waals surface area contributed by atoms with Gasteiger partial charge in [-0.25, -0.2) is 14.4 Å². The van der Waals surface area contributed by atoms with Gasteiger partial charge in [0.2, 0.25) is 0 Å². The van der Waals surface area contributed by atoms with Crippen LogP contribution in [0.1, 0.15) is 20.8 Å². The summed E-state index contributed by atoms with van der Waals surface area (Å²) in [6.45, 7) is 7.61. The van der Waals surface area contributed by atoms with Gasteiger partial charge in [-0.1, -0.05) is 0 Å². The Labute approximate surface area is 122 Å². The van der Waals surface area contributed by atoms with E-state index in [9.17, 15) is 4.79 Å². The average molecular weight is 306 g/mol. The summed E-state index contributed by atoms with van der Waals surface area (Å²) < 4.78 is 10.6. The highest BCUT2D eigenvalue weighted by molar-refractivity contribution is 6.27. The second kappa shape index (κ2) is 8.42. The molecule has 0 bridgehead atoms. The third-order valence-electron chi connectivity index (χ3n) is 2.24. The fraction of sp³-hybridized carbons (Fsp3) is 0.750. The number of morpholine rings is 1. The van der Waals surface area contributed by atoms with Crippen molar-refractivity contribution in [3.8, 4) is 0 Å². The summed E-state index contributed by atoms with van der Waals surface area (Å²) in [6, 6.07) is 0. The number of ether oxygens (including phenoxy) is 2. The molecule has 9 heteroatoms. The monoisotopic (exact) mass is 306 g/mol. The van der Waals surface area contributed by atoms with Crippen LogP contribution in [0.2, 0.25) is 0 Å². The molecule has 1 aliphatic heterocycles. The number of hydrogen-bond donors (Lipinski definition) is 3. The maximum atomic E-state index is 11.7. The van der Waals surface area contributed by atoms with Gasteiger partial charge in [-0.15, -0.1) is 0 Å². The SMILES string of the molecule is CC(C)(C)OC(=O)N1CCO[C@@H](CN)C1.O=C(O)C(=O)O. The molecule has 122 valence electrons. The van der Waals surface area contributed by atoms with Crippen LogP contribution in [0.3, 0.4) is 0 Å². The van der Waals surface area contributed by atoms with E-state index in [2.05, 4.69) is 0 Å². The molecule has 1 fully saturated rings. The molecule has 0 radical (unpaired) electrons. The number of carboxylic acids is 2. The Balaban J connectivity index is 0.000000567. The molecule has 0 aliphatic carbocycles. The molecule has 0 aromatic heterocycles. The first kappa shape index (κ1) is 19.1. The van der Waals surface area contributed by atoms with E-state index in [1.165, 1.54) is 0 Å². The number of aliphatic carboxylic acids is 2. The summed E-state index contributed by atoms with van der Waals surface area (Å²) in [5.41, 5.74) is 5.04. The smallest absolute Gasteiger partial charge is 0.414 e. The molecular formula is C12H22N2O7. The number of rotatable bonds is 1. The molecule has 0 saturated carbocycles. The lowest BCUT2D eigenvalue weighted by atomic mass is 10.2. The number of carbonyl (C=O) groups is 3. The third kappa shape index (κ3) is 8.82. The zero-order chi connectivity index (χ0) is 16.6. The number of carbonyl (C=O) groups excluding carboxylic acids is 1. The van der Waals surface area contributed by atoms with Gasteiger partial charge in [-0.2, -0.15) is 0 Å². The standard InChI is InChI=1S/C10H20N2O3.C2H2O4/c1-10(2,3)15-9(13)12-4-5-14-8(6-11)7-12;3-1(4)2(5)6/h8H,4-7,11H2,1-3H3;(H,3,4)(H,5,6)/t8-;/m0./s1. The van der Waals surface area contributed by atoms with Crippen molar-refractivity contribution in [2.75, 3.05) is 26.2 Å². The minimum absolute atomic E-state index is 0.0636. The molecule has 1 heterocycles. The molecule has 21 heavy (non-hydrogen) atoms. The molecule has 0 aromatic carbocycles. The second-order valence-electron chi connectivity index (χ2n) is 5.27. The fourth-order valence-electron chi connectivity index (χ4n) is 1.35. The lowest BCUT2D eigenvalue weighted by Gasteiger charge is -2.33. The highest BCUT2D eigenvalue weighted by atomic mass is 16.6. The third-order valence-corrected chi connectivity index (χ3v) is 2.24. The Hall–Kier alpha value is -1.87. The molecule has 0 unspecified atom stereocenters. The van der Waals surface area contributed by atoms with E-state index in [0.29, 0.717) is 26.2 Å². The Bertz CT molecular complexity index is 366. The van der Waals surface area contributed by atoms with Gasteiger partial charge in [0.15, 0.2) is 0 Å². The van der Waals surface area contributed by atoms with E-state index in [4.69, 9.17) is 35.0 Å². The van der Waals surface area contributed by atoms with Crippen LogP contribution in [-0.4, -0.2) is 71.1 Å². The van der Waals surface area contributed by atoms with Gasteiger partial charge in [-0.3, -0.25) is 0 Å². The molecular weight excluding hydrogens is 284 g/mol. The van der Waals surface area contributed by atoms with Gasteiger partial charge in [0.1, 0.15) is 5.60 Å². The van der Waals surface area contributed by atoms with Crippen LogP contribution in [0.5, 0.6) is 0 Å². The molecule has 0 aromatic rings. The predicted octanol–water partition coefficient (Wildman–Crippen LogP) is -0.263. The van der Waals surface area contributed by atoms with Crippen molar-refractivity contribution in [2.24, 2.45) is 5.73 Å². The number of hydrogen-bond acceptors (Lipinski definition) is 6. The molecule has 1 atom stereocenters. The first-order valence-electron chi connectivity index (χ1n) is 6.32. The summed E-state index contributed by atoms with van der Waals surface area (Å²) in [6.07, 6.45) is -0.351. The van der Waals surface area contributed by atoms with Crippen LogP contribution in [0.4, 0.5) is 4.79 Å². The maximum absolute atomic E-state index is 11.7. The summed E-state index contributed by atoms with van der Waals surface area (Å²) in [5.74, 6) is -3.65. The molecule has 0 spiro atoms. The Morgan fingerprint density at radius 2 is 1.81 bits per heavy atom. The normalized spacial score (nSPS) is 18.3. The molecule has 1 rings (SSSR count). The number of amides is 1. The van der Waals surface area contributed by atoms with Crippen molar-refractivity contribution in [3.05, 3.63) is 0 Å². The van der Waals surface area contributed by atoms with Crippen LogP contribution >= 0.6 is 0 Å². The molecule has 1 aliphatic rings. The minimum Gasteiger partial charge on any atom is -0.473 e. The minimum atomic E-state index is -1.82. The first-order chi connectivity index (χ1) is 9.56. The zero-order valence-electron chi connectivity index (χ0n) is 12.4. The number of nitrogens with zero attached hydrogens (tertiary/aromatic N) is 1. The quantitative estimate of drug-likeness (QED) is 0.563. The van der Waals surface area contributed by atoms with E-state index in [1.54, 1.807) is 4.90 Å². The van der Waals surface area contributed by atoms with Crippen molar-refractivity contribution < 1.29 is 34.1 Å². The van der Waals surface area contributed by atoms with Crippen LogP contribution < -0.4 is 5.73 Å². The second-order valence-corrected chi connectivity index (χ2v) is 5.27. The van der Waals surface area contributed by atoms with E-state index in [0.717, 1.165) is 0 Å². The summed E-state index contributed by atoms with van der Waals surface area (Å²) >= 11 is 0. The van der Waals surface area contributed by atoms with Crippen molar-refractivity contribution >= 4 is 18.0 Å². The zero-order valence-corrected chi connectivity index (χ0v) is 12.4. The summed E-state index contributed by atoms with van der Waals surface area (Å²) in [5, 5.41) is 14.8.